The van der Waals surface area contributed by atoms with Crippen LogP contribution in [0.5, 0.6) is 5.75 Å². The highest BCUT2D eigenvalue weighted by atomic mass is 16.5. The summed E-state index contributed by atoms with van der Waals surface area (Å²) in [5.74, 6) is 0.858. The fourth-order valence-corrected chi connectivity index (χ4v) is 3.28. The van der Waals surface area contributed by atoms with Crippen molar-refractivity contribution in [2.24, 2.45) is 0 Å². The third kappa shape index (κ3) is 1.77. The van der Waals surface area contributed by atoms with Crippen LogP contribution in [0.1, 0.15) is 39.0 Å². The van der Waals surface area contributed by atoms with Gasteiger partial charge in [-0.1, -0.05) is 42.5 Å². The van der Waals surface area contributed by atoms with E-state index in [1.54, 1.807) is 7.11 Å². The second-order valence-corrected chi connectivity index (χ2v) is 5.42. The van der Waals surface area contributed by atoms with Crippen LogP contribution in [0, 0.1) is 0 Å². The topological polar surface area (TPSA) is 38.3 Å². The van der Waals surface area contributed by atoms with E-state index >= 15 is 0 Å². The Labute approximate surface area is 123 Å². The molecule has 0 aromatic heterocycles. The minimum Gasteiger partial charge on any atom is -0.497 e. The molecule has 0 unspecified atom stereocenters. The van der Waals surface area contributed by atoms with Crippen LogP contribution >= 0.6 is 0 Å². The zero-order chi connectivity index (χ0) is 14.4. The first-order valence-corrected chi connectivity index (χ1v) is 7.04. The molecule has 2 aliphatic rings. The van der Waals surface area contributed by atoms with Crippen molar-refractivity contribution < 1.29 is 9.53 Å². The fraction of sp³-hybridized carbons (Fsp3) is 0.167. The number of carbonyl (C=O) groups is 1. The number of nitrogens with one attached hydrogen (secondary N) is 1. The zero-order valence-corrected chi connectivity index (χ0v) is 11.7. The Balaban J connectivity index is 1.87. The molecule has 3 heteroatoms. The van der Waals surface area contributed by atoms with E-state index in [9.17, 15) is 4.79 Å². The summed E-state index contributed by atoms with van der Waals surface area (Å²) in [6.45, 7) is 0. The van der Waals surface area contributed by atoms with Crippen LogP contribution in [0.2, 0.25) is 0 Å². The highest BCUT2D eigenvalue weighted by Gasteiger charge is 2.35. The lowest BCUT2D eigenvalue weighted by atomic mass is 9.76. The molecule has 2 atom stereocenters. The van der Waals surface area contributed by atoms with E-state index in [2.05, 4.69) is 29.6 Å². The van der Waals surface area contributed by atoms with E-state index in [1.165, 1.54) is 11.1 Å². The lowest BCUT2D eigenvalue weighted by molar-refractivity contribution is 0.0919. The molecule has 0 radical (unpaired) electrons. The number of amides is 1. The first-order valence-electron chi connectivity index (χ1n) is 7.04. The molecule has 4 rings (SSSR count). The summed E-state index contributed by atoms with van der Waals surface area (Å²) in [7, 11) is 1.61. The number of carbonyl (C=O) groups excluding carboxylic acids is 1. The van der Waals surface area contributed by atoms with Gasteiger partial charge in [-0.25, -0.2) is 0 Å². The summed E-state index contributed by atoms with van der Waals surface area (Å²) in [6, 6.07) is 14.0. The van der Waals surface area contributed by atoms with Crippen molar-refractivity contribution in [3.05, 3.63) is 70.8 Å². The Hall–Kier alpha value is -2.55. The van der Waals surface area contributed by atoms with E-state index in [-0.39, 0.29) is 17.9 Å². The smallest absolute Gasteiger partial charge is 0.252 e. The van der Waals surface area contributed by atoms with E-state index in [4.69, 9.17) is 4.74 Å². The molecule has 21 heavy (non-hydrogen) atoms. The molecular weight excluding hydrogens is 262 g/mol. The van der Waals surface area contributed by atoms with Crippen molar-refractivity contribution in [2.45, 2.75) is 12.0 Å². The molecule has 1 heterocycles. The molecular formula is C18H15NO2. The van der Waals surface area contributed by atoms with Gasteiger partial charge < -0.3 is 10.1 Å². The predicted octanol–water partition coefficient (Wildman–Crippen LogP) is 3.29. The molecule has 0 saturated carbocycles. The predicted molar refractivity (Wildman–Crippen MR) is 81.4 cm³/mol. The van der Waals surface area contributed by atoms with Gasteiger partial charge in [0.2, 0.25) is 0 Å². The third-order valence-corrected chi connectivity index (χ3v) is 4.32. The number of ether oxygens (including phenoxy) is 1. The number of methoxy groups -OCH3 is 1. The van der Waals surface area contributed by atoms with E-state index in [0.29, 0.717) is 11.3 Å². The highest BCUT2D eigenvalue weighted by Crippen LogP contribution is 2.43. The lowest BCUT2D eigenvalue weighted by Crippen LogP contribution is -2.39. The molecule has 0 fully saturated rings. The van der Waals surface area contributed by atoms with Crippen molar-refractivity contribution in [2.75, 3.05) is 7.11 Å². The van der Waals surface area contributed by atoms with Gasteiger partial charge in [-0.3, -0.25) is 4.79 Å². The van der Waals surface area contributed by atoms with Crippen LogP contribution in [0.3, 0.4) is 0 Å². The first-order chi connectivity index (χ1) is 10.3. The Bertz CT molecular complexity index is 764. The van der Waals surface area contributed by atoms with Gasteiger partial charge in [0.15, 0.2) is 0 Å². The Kier molecular flexibility index (Phi) is 2.61. The van der Waals surface area contributed by atoms with Crippen LogP contribution in [0.25, 0.3) is 6.08 Å². The molecule has 3 nitrogen and oxygen atoms in total. The van der Waals surface area contributed by atoms with Gasteiger partial charge in [0.25, 0.3) is 5.91 Å². The summed E-state index contributed by atoms with van der Waals surface area (Å²) < 4.78 is 5.22. The largest absolute Gasteiger partial charge is 0.497 e. The molecule has 2 aromatic carbocycles. The molecule has 1 aliphatic carbocycles. The van der Waals surface area contributed by atoms with Crippen LogP contribution in [0.4, 0.5) is 0 Å². The maximum absolute atomic E-state index is 12.4. The average molecular weight is 277 g/mol. The number of fused-ring (bicyclic) bond motifs is 5. The van der Waals surface area contributed by atoms with Gasteiger partial charge in [0.1, 0.15) is 5.75 Å². The second kappa shape index (κ2) is 4.48. The van der Waals surface area contributed by atoms with Gasteiger partial charge in [-0.15, -0.1) is 0 Å². The SMILES string of the molecule is COc1ccc2c(c1)C(=O)N[C@@H]1c3ccccc3C=C[C@H]21. The monoisotopic (exact) mass is 277 g/mol. The fourth-order valence-electron chi connectivity index (χ4n) is 3.28. The summed E-state index contributed by atoms with van der Waals surface area (Å²) in [5.41, 5.74) is 4.13. The van der Waals surface area contributed by atoms with E-state index < -0.39 is 0 Å². The van der Waals surface area contributed by atoms with Gasteiger partial charge >= 0.3 is 0 Å². The quantitative estimate of drug-likeness (QED) is 0.868. The number of benzene rings is 2. The van der Waals surface area contributed by atoms with Crippen molar-refractivity contribution >= 4 is 12.0 Å². The minimum absolute atomic E-state index is 0.0135. The minimum atomic E-state index is -0.0322. The van der Waals surface area contributed by atoms with Crippen molar-refractivity contribution in [3.63, 3.8) is 0 Å². The maximum Gasteiger partial charge on any atom is 0.252 e. The molecule has 0 spiro atoms. The number of hydrogen-bond donors (Lipinski definition) is 1. The van der Waals surface area contributed by atoms with Crippen molar-refractivity contribution in [3.8, 4) is 5.75 Å². The number of hydrogen-bond acceptors (Lipinski definition) is 2. The molecule has 1 amide bonds. The summed E-state index contributed by atoms with van der Waals surface area (Å²) >= 11 is 0. The average Bonchev–Trinajstić information content (AvgIpc) is 2.54. The summed E-state index contributed by atoms with van der Waals surface area (Å²) in [4.78, 5) is 12.4. The van der Waals surface area contributed by atoms with Crippen LogP contribution < -0.4 is 10.1 Å². The van der Waals surface area contributed by atoms with Crippen molar-refractivity contribution in [1.82, 2.24) is 5.32 Å². The molecule has 104 valence electrons. The summed E-state index contributed by atoms with van der Waals surface area (Å²) in [6.07, 6.45) is 4.32. The Morgan fingerprint density at radius 3 is 2.81 bits per heavy atom. The number of rotatable bonds is 1. The zero-order valence-electron chi connectivity index (χ0n) is 11.7. The van der Waals surface area contributed by atoms with Crippen molar-refractivity contribution in [1.29, 1.82) is 0 Å². The van der Waals surface area contributed by atoms with Gasteiger partial charge in [-0.2, -0.15) is 0 Å². The van der Waals surface area contributed by atoms with Gasteiger partial charge in [0, 0.05) is 11.5 Å². The summed E-state index contributed by atoms with van der Waals surface area (Å²) in [5, 5.41) is 3.14. The molecule has 2 aromatic rings. The molecule has 1 aliphatic heterocycles. The maximum atomic E-state index is 12.4. The first kappa shape index (κ1) is 12.2. The lowest BCUT2D eigenvalue weighted by Gasteiger charge is -2.36. The molecule has 1 N–H and O–H groups in total. The van der Waals surface area contributed by atoms with Gasteiger partial charge in [0.05, 0.1) is 13.2 Å². The molecule has 0 saturated heterocycles. The standard InChI is InChI=1S/C18H15NO2/c1-21-12-7-9-14-15-8-6-11-4-2-3-5-13(11)17(15)19-18(20)16(14)10-12/h2-10,15,17H,1H3,(H,19,20)/t15-,17-/m1/s1. The van der Waals surface area contributed by atoms with Crippen LogP contribution in [-0.4, -0.2) is 13.0 Å². The second-order valence-electron chi connectivity index (χ2n) is 5.42. The van der Waals surface area contributed by atoms with Crippen LogP contribution in [-0.2, 0) is 0 Å². The normalized spacial score (nSPS) is 21.9. The molecule has 0 bridgehead atoms. The van der Waals surface area contributed by atoms with Gasteiger partial charge in [-0.05, 0) is 28.8 Å². The third-order valence-electron chi connectivity index (χ3n) is 4.32. The van der Waals surface area contributed by atoms with E-state index in [1.807, 2.05) is 30.3 Å². The Morgan fingerprint density at radius 2 is 1.95 bits per heavy atom. The van der Waals surface area contributed by atoms with Crippen LogP contribution in [0.15, 0.2) is 48.5 Å². The van der Waals surface area contributed by atoms with E-state index in [0.717, 1.165) is 5.56 Å². The highest BCUT2D eigenvalue weighted by molar-refractivity contribution is 5.98. The Morgan fingerprint density at radius 1 is 1.10 bits per heavy atom.